The fraction of sp³-hybridized carbons (Fsp3) is 0.409. The van der Waals surface area contributed by atoms with E-state index in [9.17, 15) is 10.4 Å². The minimum atomic E-state index is -0.720. The van der Waals surface area contributed by atoms with Crippen molar-refractivity contribution in [3.8, 4) is 17.6 Å². The quantitative estimate of drug-likeness (QED) is 0.737. The van der Waals surface area contributed by atoms with Crippen LogP contribution in [0.4, 0.5) is 0 Å². The van der Waals surface area contributed by atoms with Crippen molar-refractivity contribution in [2.45, 2.75) is 44.4 Å². The van der Waals surface area contributed by atoms with Crippen LogP contribution >= 0.6 is 11.6 Å². The van der Waals surface area contributed by atoms with Gasteiger partial charge >= 0.3 is 0 Å². The largest absolute Gasteiger partial charge is 0.489 e. The molecule has 0 bridgehead atoms. The molecular formula is C22H25ClN2O3. The van der Waals surface area contributed by atoms with Crippen molar-refractivity contribution in [3.05, 3.63) is 58.6 Å². The van der Waals surface area contributed by atoms with Crippen LogP contribution in [0.5, 0.6) is 11.5 Å². The van der Waals surface area contributed by atoms with Gasteiger partial charge in [0.15, 0.2) is 0 Å². The van der Waals surface area contributed by atoms with Gasteiger partial charge in [0.2, 0.25) is 0 Å². The number of rotatable bonds is 7. The SMILES string of the molecule is CC(C)c1ccc(O[C@H]2CN[C@H](C(O)COc3cccc(Cl)c3C#N)C2)cc1. The molecule has 2 N–H and O–H groups in total. The number of aliphatic hydroxyl groups is 1. The lowest BCUT2D eigenvalue weighted by Gasteiger charge is -2.19. The molecule has 1 heterocycles. The summed E-state index contributed by atoms with van der Waals surface area (Å²) in [6, 6.07) is 15.1. The van der Waals surface area contributed by atoms with Crippen LogP contribution in [-0.2, 0) is 0 Å². The van der Waals surface area contributed by atoms with Gasteiger partial charge in [0.05, 0.1) is 5.02 Å². The van der Waals surface area contributed by atoms with Crippen molar-refractivity contribution < 1.29 is 14.6 Å². The van der Waals surface area contributed by atoms with Gasteiger partial charge in [0, 0.05) is 19.0 Å². The predicted molar refractivity (Wildman–Crippen MR) is 109 cm³/mol. The highest BCUT2D eigenvalue weighted by molar-refractivity contribution is 6.31. The Morgan fingerprint density at radius 3 is 2.68 bits per heavy atom. The first-order valence-electron chi connectivity index (χ1n) is 9.47. The molecule has 1 unspecified atom stereocenters. The third kappa shape index (κ3) is 4.96. The van der Waals surface area contributed by atoms with E-state index in [1.165, 1.54) is 5.56 Å². The standard InChI is InChI=1S/C22H25ClN2O3/c1-14(2)15-6-8-16(9-7-15)28-17-10-20(25-12-17)21(26)13-27-22-5-3-4-19(23)18(22)11-24/h3-9,14,17,20-21,25-26H,10,12-13H2,1-2H3/t17-,20+,21?/m1/s1. The van der Waals surface area contributed by atoms with Crippen molar-refractivity contribution >= 4 is 11.6 Å². The number of halogens is 1. The Morgan fingerprint density at radius 2 is 2.00 bits per heavy atom. The van der Waals surface area contributed by atoms with E-state index in [2.05, 4.69) is 31.3 Å². The molecule has 0 spiro atoms. The number of hydrogen-bond donors (Lipinski definition) is 2. The number of hydrogen-bond acceptors (Lipinski definition) is 5. The van der Waals surface area contributed by atoms with Crippen LogP contribution in [0.2, 0.25) is 5.02 Å². The first kappa shape index (κ1) is 20.5. The van der Waals surface area contributed by atoms with Crippen molar-refractivity contribution in [3.63, 3.8) is 0 Å². The van der Waals surface area contributed by atoms with E-state index < -0.39 is 6.10 Å². The van der Waals surface area contributed by atoms with Gasteiger partial charge in [-0.15, -0.1) is 0 Å². The molecule has 1 fully saturated rings. The molecule has 2 aromatic rings. The minimum absolute atomic E-state index is 0.00890. The molecule has 0 aliphatic carbocycles. The second kappa shape index (κ2) is 9.29. The predicted octanol–water partition coefficient (Wildman–Crippen LogP) is 3.88. The third-order valence-corrected chi connectivity index (χ3v) is 5.25. The van der Waals surface area contributed by atoms with Gasteiger partial charge < -0.3 is 19.9 Å². The molecular weight excluding hydrogens is 376 g/mol. The summed E-state index contributed by atoms with van der Waals surface area (Å²) in [5.41, 5.74) is 1.56. The lowest BCUT2D eigenvalue weighted by atomic mass is 10.0. The highest BCUT2D eigenvalue weighted by atomic mass is 35.5. The Hall–Kier alpha value is -2.26. The van der Waals surface area contributed by atoms with E-state index in [-0.39, 0.29) is 24.3 Å². The van der Waals surface area contributed by atoms with Crippen LogP contribution in [0.25, 0.3) is 0 Å². The van der Waals surface area contributed by atoms with Crippen molar-refractivity contribution in [1.82, 2.24) is 5.32 Å². The smallest absolute Gasteiger partial charge is 0.138 e. The molecule has 28 heavy (non-hydrogen) atoms. The molecule has 0 radical (unpaired) electrons. The van der Waals surface area contributed by atoms with Gasteiger partial charge in [0.1, 0.15) is 41.9 Å². The Balaban J connectivity index is 1.51. The molecule has 0 saturated carbocycles. The van der Waals surface area contributed by atoms with Gasteiger partial charge in [-0.05, 0) is 35.7 Å². The van der Waals surface area contributed by atoms with E-state index in [0.29, 0.717) is 29.7 Å². The summed E-state index contributed by atoms with van der Waals surface area (Å²) in [5, 5.41) is 23.3. The molecule has 1 aliphatic rings. The van der Waals surface area contributed by atoms with Gasteiger partial charge in [-0.3, -0.25) is 0 Å². The average Bonchev–Trinajstić information content (AvgIpc) is 3.15. The number of benzene rings is 2. The van der Waals surface area contributed by atoms with Crippen LogP contribution in [0.15, 0.2) is 42.5 Å². The molecule has 148 valence electrons. The number of nitriles is 1. The van der Waals surface area contributed by atoms with E-state index >= 15 is 0 Å². The fourth-order valence-electron chi connectivity index (χ4n) is 3.26. The zero-order valence-corrected chi connectivity index (χ0v) is 16.8. The highest BCUT2D eigenvalue weighted by Gasteiger charge is 2.31. The second-order valence-electron chi connectivity index (χ2n) is 7.32. The molecule has 3 rings (SSSR count). The second-order valence-corrected chi connectivity index (χ2v) is 7.72. The molecule has 0 aromatic heterocycles. The molecule has 1 aliphatic heterocycles. The minimum Gasteiger partial charge on any atom is -0.489 e. The van der Waals surface area contributed by atoms with E-state index in [1.54, 1.807) is 18.2 Å². The van der Waals surface area contributed by atoms with E-state index in [1.807, 2.05) is 18.2 Å². The summed E-state index contributed by atoms with van der Waals surface area (Å²) in [4.78, 5) is 0. The summed E-state index contributed by atoms with van der Waals surface area (Å²) in [6.45, 7) is 5.05. The zero-order valence-electron chi connectivity index (χ0n) is 16.1. The Labute approximate surface area is 170 Å². The number of nitrogens with zero attached hydrogens (tertiary/aromatic N) is 1. The van der Waals surface area contributed by atoms with Crippen LogP contribution in [0.1, 0.15) is 37.3 Å². The Morgan fingerprint density at radius 1 is 1.25 bits per heavy atom. The Bertz CT molecular complexity index is 833. The summed E-state index contributed by atoms with van der Waals surface area (Å²) in [6.07, 6.45) is -0.0512. The average molecular weight is 401 g/mol. The van der Waals surface area contributed by atoms with Gasteiger partial charge in [-0.25, -0.2) is 0 Å². The first-order valence-corrected chi connectivity index (χ1v) is 9.85. The van der Waals surface area contributed by atoms with Crippen LogP contribution in [0.3, 0.4) is 0 Å². The summed E-state index contributed by atoms with van der Waals surface area (Å²) >= 11 is 6.00. The van der Waals surface area contributed by atoms with Crippen LogP contribution in [-0.4, -0.2) is 36.5 Å². The molecule has 5 nitrogen and oxygen atoms in total. The zero-order chi connectivity index (χ0) is 20.1. The third-order valence-electron chi connectivity index (χ3n) is 4.94. The monoisotopic (exact) mass is 400 g/mol. The summed E-state index contributed by atoms with van der Waals surface area (Å²) in [7, 11) is 0. The van der Waals surface area contributed by atoms with Gasteiger partial charge in [-0.1, -0.05) is 43.6 Å². The molecule has 0 amide bonds. The van der Waals surface area contributed by atoms with Crippen LogP contribution < -0.4 is 14.8 Å². The van der Waals surface area contributed by atoms with Crippen molar-refractivity contribution in [1.29, 1.82) is 5.26 Å². The normalized spacial score (nSPS) is 20.0. The van der Waals surface area contributed by atoms with E-state index in [0.717, 1.165) is 5.75 Å². The molecule has 2 aromatic carbocycles. The summed E-state index contributed by atoms with van der Waals surface area (Å²) in [5.74, 6) is 1.70. The topological polar surface area (TPSA) is 74.5 Å². The van der Waals surface area contributed by atoms with Crippen molar-refractivity contribution in [2.75, 3.05) is 13.2 Å². The highest BCUT2D eigenvalue weighted by Crippen LogP contribution is 2.26. The number of aliphatic hydroxyl groups excluding tert-OH is 1. The maximum absolute atomic E-state index is 10.5. The van der Waals surface area contributed by atoms with Crippen LogP contribution in [0, 0.1) is 11.3 Å². The first-order chi connectivity index (χ1) is 13.5. The maximum atomic E-state index is 10.5. The number of ether oxygens (including phenoxy) is 2. The molecule has 3 atom stereocenters. The fourth-order valence-corrected chi connectivity index (χ4v) is 3.47. The molecule has 1 saturated heterocycles. The maximum Gasteiger partial charge on any atom is 0.138 e. The lowest BCUT2D eigenvalue weighted by molar-refractivity contribution is 0.0754. The van der Waals surface area contributed by atoms with Gasteiger partial charge in [0.25, 0.3) is 0 Å². The molecule has 6 heteroatoms. The number of nitrogens with one attached hydrogen (secondary N) is 1. The van der Waals surface area contributed by atoms with Gasteiger partial charge in [-0.2, -0.15) is 5.26 Å². The summed E-state index contributed by atoms with van der Waals surface area (Å²) < 4.78 is 11.7. The Kier molecular flexibility index (Phi) is 6.79. The van der Waals surface area contributed by atoms with Crippen molar-refractivity contribution in [2.24, 2.45) is 0 Å². The lowest BCUT2D eigenvalue weighted by Crippen LogP contribution is -2.38. The van der Waals surface area contributed by atoms with E-state index in [4.69, 9.17) is 21.1 Å².